The zero-order valence-corrected chi connectivity index (χ0v) is 22.0. The Morgan fingerprint density at radius 3 is 2.43 bits per heavy atom. The van der Waals surface area contributed by atoms with Crippen molar-refractivity contribution < 1.29 is 37.2 Å². The number of hydrogen-bond acceptors (Lipinski definition) is 8. The SMILES string of the molecule is CC(C)C[C@H](NC(=O)OC1(CCc2ccccc2)CC1)C(=O)N[C@@H](C[C@@H]1CCNC1=O)C(O)S(=O)(=O)[O-]. The monoisotopic (exact) mass is 538 g/mol. The smallest absolute Gasteiger partial charge is 0.408 e. The molecule has 12 heteroatoms. The van der Waals surface area contributed by atoms with E-state index in [9.17, 15) is 32.5 Å². The van der Waals surface area contributed by atoms with Gasteiger partial charge in [0.25, 0.3) is 0 Å². The molecule has 0 radical (unpaired) electrons. The first-order valence-electron chi connectivity index (χ1n) is 12.6. The standard InChI is InChI=1S/C25H37N3O8S/c1-16(2)14-19(28-24(32)36-25(11-12-25)10-8-17-6-4-3-5-7-17)22(30)27-20(23(31)37(33,34)35)15-18-9-13-26-21(18)29/h3-7,16,18-20,23,31H,8-15H2,1-2H3,(H,26,29)(H,27,30)(H,28,32)(H,33,34,35)/p-1/t18-,19-,20-,23?/m0/s1. The fourth-order valence-electron chi connectivity index (χ4n) is 4.54. The summed E-state index contributed by atoms with van der Waals surface area (Å²) in [6, 6.07) is 7.20. The predicted octanol–water partition coefficient (Wildman–Crippen LogP) is 1.17. The first kappa shape index (κ1) is 28.9. The summed E-state index contributed by atoms with van der Waals surface area (Å²) in [5.41, 5.74) is -1.91. The molecule has 2 fully saturated rings. The Morgan fingerprint density at radius 1 is 1.22 bits per heavy atom. The van der Waals surface area contributed by atoms with Crippen LogP contribution in [0.3, 0.4) is 0 Å². The molecular weight excluding hydrogens is 502 g/mol. The van der Waals surface area contributed by atoms with E-state index < -0.39 is 51.2 Å². The lowest BCUT2D eigenvalue weighted by Gasteiger charge is -2.30. The summed E-state index contributed by atoms with van der Waals surface area (Å²) in [7, 11) is -5.18. The summed E-state index contributed by atoms with van der Waals surface area (Å²) in [5.74, 6) is -1.81. The van der Waals surface area contributed by atoms with Crippen molar-refractivity contribution in [2.45, 2.75) is 81.9 Å². The van der Waals surface area contributed by atoms with E-state index in [-0.39, 0.29) is 24.7 Å². The number of hydrogen-bond donors (Lipinski definition) is 4. The second-order valence-electron chi connectivity index (χ2n) is 10.4. The Morgan fingerprint density at radius 2 is 1.89 bits per heavy atom. The minimum absolute atomic E-state index is 0.0313. The largest absolute Gasteiger partial charge is 0.746 e. The molecule has 2 aliphatic rings. The quantitative estimate of drug-likeness (QED) is 0.271. The number of nitrogens with one attached hydrogen (secondary N) is 3. The molecule has 1 aromatic carbocycles. The van der Waals surface area contributed by atoms with Crippen molar-refractivity contribution in [2.75, 3.05) is 6.54 Å². The lowest BCUT2D eigenvalue weighted by atomic mass is 9.97. The normalized spacial score (nSPS) is 21.0. The number of aliphatic hydroxyl groups is 1. The van der Waals surface area contributed by atoms with Gasteiger partial charge in [-0.3, -0.25) is 9.59 Å². The molecular formula is C25H36N3O8S-. The van der Waals surface area contributed by atoms with E-state index >= 15 is 0 Å². The molecule has 11 nitrogen and oxygen atoms in total. The Hall–Kier alpha value is -2.70. The van der Waals surface area contributed by atoms with Crippen LogP contribution in [-0.2, 0) is 30.9 Å². The first-order valence-corrected chi connectivity index (χ1v) is 14.1. The minimum atomic E-state index is -5.18. The number of benzene rings is 1. The molecule has 4 N–H and O–H groups in total. The first-order chi connectivity index (χ1) is 17.4. The van der Waals surface area contributed by atoms with E-state index in [1.54, 1.807) is 0 Å². The van der Waals surface area contributed by atoms with Gasteiger partial charge in [0.05, 0.1) is 6.04 Å². The average molecular weight is 539 g/mol. The van der Waals surface area contributed by atoms with E-state index in [2.05, 4.69) is 16.0 Å². The van der Waals surface area contributed by atoms with Gasteiger partial charge in [0.15, 0.2) is 5.44 Å². The summed E-state index contributed by atoms with van der Waals surface area (Å²) < 4.78 is 40.2. The Balaban J connectivity index is 1.64. The number of rotatable bonds is 13. The highest BCUT2D eigenvalue weighted by molar-refractivity contribution is 7.86. The van der Waals surface area contributed by atoms with Crippen LogP contribution in [0.1, 0.15) is 57.9 Å². The van der Waals surface area contributed by atoms with E-state index in [1.807, 2.05) is 44.2 Å². The zero-order valence-electron chi connectivity index (χ0n) is 21.1. The Labute approximate surface area is 217 Å². The van der Waals surface area contributed by atoms with Crippen LogP contribution in [0.25, 0.3) is 0 Å². The summed E-state index contributed by atoms with van der Waals surface area (Å²) in [6.07, 6.45) is 2.39. The van der Waals surface area contributed by atoms with E-state index in [0.717, 1.165) is 12.0 Å². The van der Waals surface area contributed by atoms with Gasteiger partial charge < -0.3 is 30.3 Å². The third-order valence-corrected chi connectivity index (χ3v) is 7.73. The summed E-state index contributed by atoms with van der Waals surface area (Å²) in [4.78, 5) is 37.8. The second-order valence-corrected chi connectivity index (χ2v) is 11.9. The maximum atomic E-state index is 13.1. The number of aryl methyl sites for hydroxylation is 1. The second kappa shape index (κ2) is 12.2. The molecule has 1 heterocycles. The molecule has 0 spiro atoms. The van der Waals surface area contributed by atoms with Crippen molar-refractivity contribution in [3.05, 3.63) is 35.9 Å². The van der Waals surface area contributed by atoms with Crippen LogP contribution in [0, 0.1) is 11.8 Å². The van der Waals surface area contributed by atoms with Gasteiger partial charge in [0.2, 0.25) is 11.8 Å². The lowest BCUT2D eigenvalue weighted by molar-refractivity contribution is -0.126. The molecule has 1 unspecified atom stereocenters. The van der Waals surface area contributed by atoms with Crippen LogP contribution < -0.4 is 16.0 Å². The molecule has 1 aliphatic heterocycles. The maximum Gasteiger partial charge on any atom is 0.408 e. The zero-order chi connectivity index (χ0) is 27.2. The fourth-order valence-corrected chi connectivity index (χ4v) is 5.12. The molecule has 1 saturated heterocycles. The van der Waals surface area contributed by atoms with Crippen LogP contribution in [0.4, 0.5) is 4.79 Å². The third kappa shape index (κ3) is 8.68. The predicted molar refractivity (Wildman–Crippen MR) is 133 cm³/mol. The van der Waals surface area contributed by atoms with Crippen molar-refractivity contribution in [1.82, 2.24) is 16.0 Å². The molecule has 3 amide bonds. The highest BCUT2D eigenvalue weighted by atomic mass is 32.2. The van der Waals surface area contributed by atoms with Crippen molar-refractivity contribution in [3.8, 4) is 0 Å². The minimum Gasteiger partial charge on any atom is -0.746 e. The van der Waals surface area contributed by atoms with E-state index in [4.69, 9.17) is 4.74 Å². The van der Waals surface area contributed by atoms with Gasteiger partial charge in [0.1, 0.15) is 21.8 Å². The van der Waals surface area contributed by atoms with Crippen molar-refractivity contribution in [3.63, 3.8) is 0 Å². The average Bonchev–Trinajstić information content (AvgIpc) is 3.47. The number of ether oxygens (including phenoxy) is 1. The summed E-state index contributed by atoms with van der Waals surface area (Å²) >= 11 is 0. The molecule has 0 aromatic heterocycles. The van der Waals surface area contributed by atoms with Gasteiger partial charge in [-0.1, -0.05) is 44.2 Å². The molecule has 0 bridgehead atoms. The lowest BCUT2D eigenvalue weighted by Crippen LogP contribution is -2.55. The molecule has 37 heavy (non-hydrogen) atoms. The van der Waals surface area contributed by atoms with Crippen molar-refractivity contribution in [1.29, 1.82) is 0 Å². The van der Waals surface area contributed by atoms with Gasteiger partial charge in [-0.25, -0.2) is 13.2 Å². The number of aliphatic hydroxyl groups excluding tert-OH is 1. The molecule has 1 aromatic rings. The van der Waals surface area contributed by atoms with Crippen molar-refractivity contribution in [2.24, 2.45) is 11.8 Å². The van der Waals surface area contributed by atoms with Crippen LogP contribution in [-0.4, -0.2) is 65.7 Å². The van der Waals surface area contributed by atoms with Crippen LogP contribution >= 0.6 is 0 Å². The highest BCUT2D eigenvalue weighted by Gasteiger charge is 2.46. The molecule has 1 aliphatic carbocycles. The van der Waals surface area contributed by atoms with E-state index in [1.165, 1.54) is 0 Å². The highest BCUT2D eigenvalue weighted by Crippen LogP contribution is 2.43. The van der Waals surface area contributed by atoms with Gasteiger partial charge in [-0.15, -0.1) is 0 Å². The van der Waals surface area contributed by atoms with Crippen molar-refractivity contribution >= 4 is 28.0 Å². The van der Waals surface area contributed by atoms with Gasteiger partial charge in [-0.2, -0.15) is 0 Å². The maximum absolute atomic E-state index is 13.1. The number of alkyl carbamates (subject to hydrolysis) is 1. The van der Waals surface area contributed by atoms with Gasteiger partial charge in [0, 0.05) is 12.5 Å². The number of carbonyl (C=O) groups is 3. The van der Waals surface area contributed by atoms with Gasteiger partial charge in [-0.05, 0) is 56.4 Å². The number of carbonyl (C=O) groups excluding carboxylic acids is 3. The Bertz CT molecular complexity index is 1060. The van der Waals surface area contributed by atoms with Crippen LogP contribution in [0.15, 0.2) is 30.3 Å². The molecule has 1 saturated carbocycles. The summed E-state index contributed by atoms with van der Waals surface area (Å²) in [5, 5.41) is 17.7. The summed E-state index contributed by atoms with van der Waals surface area (Å²) in [6.45, 7) is 4.06. The van der Waals surface area contributed by atoms with Crippen LogP contribution in [0.5, 0.6) is 0 Å². The molecule has 3 rings (SSSR count). The molecule has 206 valence electrons. The number of amides is 3. The third-order valence-electron chi connectivity index (χ3n) is 6.81. The topological polar surface area (TPSA) is 174 Å². The molecule has 4 atom stereocenters. The van der Waals surface area contributed by atoms with E-state index in [0.29, 0.717) is 32.2 Å². The Kier molecular flexibility index (Phi) is 9.54. The fraction of sp³-hybridized carbons (Fsp3) is 0.640. The van der Waals surface area contributed by atoms with Crippen LogP contribution in [0.2, 0.25) is 0 Å². The van der Waals surface area contributed by atoms with Gasteiger partial charge >= 0.3 is 6.09 Å².